The molecule has 1 aromatic carbocycles. The minimum atomic E-state index is 0.179. The van der Waals surface area contributed by atoms with Gasteiger partial charge in [0.2, 0.25) is 0 Å². The molecule has 1 aromatic rings. The van der Waals surface area contributed by atoms with Gasteiger partial charge in [-0.05, 0) is 23.1 Å². The van der Waals surface area contributed by atoms with E-state index >= 15 is 0 Å². The third-order valence-electron chi connectivity index (χ3n) is 2.19. The van der Waals surface area contributed by atoms with Crippen molar-refractivity contribution in [1.82, 2.24) is 0 Å². The molecule has 84 valence electrons. The van der Waals surface area contributed by atoms with Crippen molar-refractivity contribution in [3.05, 3.63) is 29.8 Å². The summed E-state index contributed by atoms with van der Waals surface area (Å²) < 4.78 is 5.41. The molecule has 0 heterocycles. The van der Waals surface area contributed by atoms with Gasteiger partial charge in [0.05, 0.1) is 0 Å². The summed E-state index contributed by atoms with van der Waals surface area (Å²) in [7, 11) is 0. The lowest BCUT2D eigenvalue weighted by atomic mass is 9.87. The second-order valence-electron chi connectivity index (χ2n) is 4.49. The Morgan fingerprint density at radius 1 is 1.07 bits per heavy atom. The van der Waals surface area contributed by atoms with Gasteiger partial charge in [-0.2, -0.15) is 0 Å². The van der Waals surface area contributed by atoms with Crippen molar-refractivity contribution in [2.75, 3.05) is 13.2 Å². The SMILES string of the molecule is CC(C)(C)c1ccc(OCCON)cc1. The van der Waals surface area contributed by atoms with Crippen LogP contribution in [0.5, 0.6) is 5.75 Å². The fraction of sp³-hybridized carbons (Fsp3) is 0.500. The number of nitrogens with two attached hydrogens (primary N) is 1. The maximum Gasteiger partial charge on any atom is 0.119 e. The minimum Gasteiger partial charge on any atom is -0.491 e. The van der Waals surface area contributed by atoms with Gasteiger partial charge in [0.1, 0.15) is 19.0 Å². The molecule has 0 aliphatic heterocycles. The molecule has 0 atom stereocenters. The zero-order valence-corrected chi connectivity index (χ0v) is 9.62. The first kappa shape index (κ1) is 12.0. The molecule has 15 heavy (non-hydrogen) atoms. The molecular formula is C12H19NO2. The Kier molecular flexibility index (Phi) is 4.12. The standard InChI is InChI=1S/C12H19NO2/c1-12(2,3)10-4-6-11(7-5-10)14-8-9-15-13/h4-7H,8-9,13H2,1-3H3. The van der Waals surface area contributed by atoms with Crippen molar-refractivity contribution >= 4 is 0 Å². The molecule has 0 spiro atoms. The Hall–Kier alpha value is -1.06. The van der Waals surface area contributed by atoms with Gasteiger partial charge in [0.15, 0.2) is 0 Å². The molecule has 0 saturated carbocycles. The van der Waals surface area contributed by atoms with Crippen molar-refractivity contribution in [2.24, 2.45) is 5.90 Å². The van der Waals surface area contributed by atoms with Gasteiger partial charge in [0.25, 0.3) is 0 Å². The van der Waals surface area contributed by atoms with E-state index < -0.39 is 0 Å². The predicted octanol–water partition coefficient (Wildman–Crippen LogP) is 2.25. The van der Waals surface area contributed by atoms with Gasteiger partial charge >= 0.3 is 0 Å². The molecule has 0 aromatic heterocycles. The van der Waals surface area contributed by atoms with Crippen LogP contribution in [0.2, 0.25) is 0 Å². The van der Waals surface area contributed by atoms with Crippen LogP contribution in [0.3, 0.4) is 0 Å². The van der Waals surface area contributed by atoms with E-state index in [0.717, 1.165) is 5.75 Å². The molecule has 0 aliphatic carbocycles. The lowest BCUT2D eigenvalue weighted by Crippen LogP contribution is -2.12. The monoisotopic (exact) mass is 209 g/mol. The van der Waals surface area contributed by atoms with Gasteiger partial charge < -0.3 is 9.57 Å². The molecule has 0 amide bonds. The van der Waals surface area contributed by atoms with Crippen molar-refractivity contribution in [2.45, 2.75) is 26.2 Å². The smallest absolute Gasteiger partial charge is 0.119 e. The van der Waals surface area contributed by atoms with E-state index in [0.29, 0.717) is 13.2 Å². The number of hydrogen-bond acceptors (Lipinski definition) is 3. The predicted molar refractivity (Wildman–Crippen MR) is 60.8 cm³/mol. The third-order valence-corrected chi connectivity index (χ3v) is 2.19. The van der Waals surface area contributed by atoms with Gasteiger partial charge in [0, 0.05) is 0 Å². The van der Waals surface area contributed by atoms with Crippen molar-refractivity contribution in [1.29, 1.82) is 0 Å². The summed E-state index contributed by atoms with van der Waals surface area (Å²) in [6, 6.07) is 8.10. The van der Waals surface area contributed by atoms with Crippen LogP contribution in [0.4, 0.5) is 0 Å². The van der Waals surface area contributed by atoms with Crippen LogP contribution in [-0.2, 0) is 10.3 Å². The number of hydrogen-bond donors (Lipinski definition) is 1. The van der Waals surface area contributed by atoms with Crippen LogP contribution >= 0.6 is 0 Å². The highest BCUT2D eigenvalue weighted by molar-refractivity contribution is 5.31. The molecule has 3 nitrogen and oxygen atoms in total. The van der Waals surface area contributed by atoms with E-state index in [9.17, 15) is 0 Å². The highest BCUT2D eigenvalue weighted by Gasteiger charge is 2.12. The van der Waals surface area contributed by atoms with Gasteiger partial charge in [-0.3, -0.25) is 0 Å². The Morgan fingerprint density at radius 3 is 2.13 bits per heavy atom. The summed E-state index contributed by atoms with van der Waals surface area (Å²) in [6.45, 7) is 7.44. The maximum atomic E-state index is 5.41. The Balaban J connectivity index is 2.57. The highest BCUT2D eigenvalue weighted by Crippen LogP contribution is 2.24. The molecule has 1 rings (SSSR count). The minimum absolute atomic E-state index is 0.179. The van der Waals surface area contributed by atoms with Crippen LogP contribution in [0.25, 0.3) is 0 Å². The fourth-order valence-corrected chi connectivity index (χ4v) is 1.26. The van der Waals surface area contributed by atoms with E-state index in [1.807, 2.05) is 12.1 Å². The van der Waals surface area contributed by atoms with E-state index in [4.69, 9.17) is 10.6 Å². The molecule has 0 saturated heterocycles. The van der Waals surface area contributed by atoms with E-state index in [2.05, 4.69) is 37.7 Å². The molecule has 0 bridgehead atoms. The fourth-order valence-electron chi connectivity index (χ4n) is 1.26. The zero-order chi connectivity index (χ0) is 11.3. The van der Waals surface area contributed by atoms with E-state index in [1.165, 1.54) is 5.56 Å². The topological polar surface area (TPSA) is 44.5 Å². The van der Waals surface area contributed by atoms with Crippen LogP contribution in [0, 0.1) is 0 Å². The van der Waals surface area contributed by atoms with Crippen molar-refractivity contribution < 1.29 is 9.57 Å². The first-order valence-electron chi connectivity index (χ1n) is 5.09. The number of ether oxygens (including phenoxy) is 1. The van der Waals surface area contributed by atoms with Crippen molar-refractivity contribution in [3.63, 3.8) is 0 Å². The summed E-state index contributed by atoms with van der Waals surface area (Å²) in [5.74, 6) is 5.74. The molecule has 0 unspecified atom stereocenters. The van der Waals surface area contributed by atoms with Crippen molar-refractivity contribution in [3.8, 4) is 5.75 Å². The summed E-state index contributed by atoms with van der Waals surface area (Å²) in [5.41, 5.74) is 1.48. The summed E-state index contributed by atoms with van der Waals surface area (Å²) in [5, 5.41) is 0. The van der Waals surface area contributed by atoms with Crippen LogP contribution < -0.4 is 10.6 Å². The molecule has 2 N–H and O–H groups in total. The van der Waals surface area contributed by atoms with E-state index in [-0.39, 0.29) is 5.41 Å². The van der Waals surface area contributed by atoms with Gasteiger partial charge in [-0.1, -0.05) is 32.9 Å². The largest absolute Gasteiger partial charge is 0.491 e. The van der Waals surface area contributed by atoms with Crippen LogP contribution in [0.15, 0.2) is 24.3 Å². The average molecular weight is 209 g/mol. The number of benzene rings is 1. The lowest BCUT2D eigenvalue weighted by Gasteiger charge is -2.19. The van der Waals surface area contributed by atoms with Gasteiger partial charge in [-0.25, -0.2) is 5.90 Å². The zero-order valence-electron chi connectivity index (χ0n) is 9.62. The van der Waals surface area contributed by atoms with E-state index in [1.54, 1.807) is 0 Å². The highest BCUT2D eigenvalue weighted by atomic mass is 16.6. The maximum absolute atomic E-state index is 5.41. The van der Waals surface area contributed by atoms with Crippen LogP contribution in [0.1, 0.15) is 26.3 Å². The number of rotatable bonds is 4. The Bertz CT molecular complexity index is 287. The van der Waals surface area contributed by atoms with Gasteiger partial charge in [-0.15, -0.1) is 0 Å². The second-order valence-corrected chi connectivity index (χ2v) is 4.49. The Labute approximate surface area is 91.1 Å². The average Bonchev–Trinajstić information content (AvgIpc) is 2.18. The normalized spacial score (nSPS) is 11.5. The molecule has 0 fully saturated rings. The summed E-state index contributed by atoms with van der Waals surface area (Å²) in [6.07, 6.45) is 0. The molecule has 0 aliphatic rings. The lowest BCUT2D eigenvalue weighted by molar-refractivity contribution is 0.102. The van der Waals surface area contributed by atoms with Crippen LogP contribution in [-0.4, -0.2) is 13.2 Å². The third kappa shape index (κ3) is 3.90. The Morgan fingerprint density at radius 2 is 1.67 bits per heavy atom. The first-order chi connectivity index (χ1) is 7.04. The molecular weight excluding hydrogens is 190 g/mol. The molecule has 0 radical (unpaired) electrons. The first-order valence-corrected chi connectivity index (χ1v) is 5.09. The summed E-state index contributed by atoms with van der Waals surface area (Å²) in [4.78, 5) is 4.42. The molecule has 3 heteroatoms. The summed E-state index contributed by atoms with van der Waals surface area (Å²) >= 11 is 0. The quantitative estimate of drug-likeness (QED) is 0.611. The second kappa shape index (κ2) is 5.14.